The summed E-state index contributed by atoms with van der Waals surface area (Å²) in [6.45, 7) is 8.20. The van der Waals surface area contributed by atoms with Crippen molar-refractivity contribution in [3.63, 3.8) is 0 Å². The van der Waals surface area contributed by atoms with Gasteiger partial charge in [0.15, 0.2) is 0 Å². The molecule has 0 bridgehead atoms. The van der Waals surface area contributed by atoms with E-state index in [1.165, 1.54) is 0 Å². The zero-order valence-corrected chi connectivity index (χ0v) is 13.7. The molecule has 1 rings (SSSR count). The largest absolute Gasteiger partial charge is 0.494 e. The minimum atomic E-state index is -0.171. The second kappa shape index (κ2) is 9.40. The summed E-state index contributed by atoms with van der Waals surface area (Å²) in [6.07, 6.45) is 2.22. The molecular weight excluding hydrogens is 264 g/mol. The summed E-state index contributed by atoms with van der Waals surface area (Å²) in [6, 6.07) is 7.87. The van der Waals surface area contributed by atoms with E-state index >= 15 is 0 Å². The molecule has 4 heteroatoms. The first-order chi connectivity index (χ1) is 10.1. The number of benzene rings is 1. The fourth-order valence-electron chi connectivity index (χ4n) is 1.88. The van der Waals surface area contributed by atoms with Crippen molar-refractivity contribution in [1.82, 2.24) is 10.2 Å². The number of rotatable bonds is 9. The van der Waals surface area contributed by atoms with E-state index in [4.69, 9.17) is 4.74 Å². The third-order valence-electron chi connectivity index (χ3n) is 3.52. The maximum Gasteiger partial charge on any atom is 0.239 e. The van der Waals surface area contributed by atoms with Crippen molar-refractivity contribution in [3.8, 4) is 5.75 Å². The van der Waals surface area contributed by atoms with Crippen LogP contribution in [0, 0.1) is 0 Å². The van der Waals surface area contributed by atoms with Gasteiger partial charge in [-0.1, -0.05) is 25.5 Å². The number of amides is 1. The molecule has 1 atom stereocenters. The number of ether oxygens (including phenoxy) is 1. The minimum Gasteiger partial charge on any atom is -0.494 e. The zero-order chi connectivity index (χ0) is 15.7. The summed E-state index contributed by atoms with van der Waals surface area (Å²) in [5.74, 6) is 1.03. The maximum atomic E-state index is 11.9. The van der Waals surface area contributed by atoms with Crippen LogP contribution in [0.1, 0.15) is 39.2 Å². The first-order valence-electron chi connectivity index (χ1n) is 7.78. The average molecular weight is 292 g/mol. The molecule has 1 aromatic carbocycles. The van der Waals surface area contributed by atoms with E-state index in [-0.39, 0.29) is 11.9 Å². The van der Waals surface area contributed by atoms with Crippen molar-refractivity contribution in [2.24, 2.45) is 0 Å². The number of nitrogens with one attached hydrogen (secondary N) is 1. The molecule has 4 nitrogen and oxygen atoms in total. The second-order valence-electron chi connectivity index (χ2n) is 5.30. The number of carbonyl (C=O) groups excluding carboxylic acids is 1. The zero-order valence-electron chi connectivity index (χ0n) is 13.7. The Labute approximate surface area is 128 Å². The number of likely N-dealkylation sites (N-methyl/N-ethyl adjacent to an activating group) is 1. The Bertz CT molecular complexity index is 417. The maximum absolute atomic E-state index is 11.9. The van der Waals surface area contributed by atoms with Gasteiger partial charge in [0.1, 0.15) is 5.75 Å². The average Bonchev–Trinajstić information content (AvgIpc) is 2.52. The van der Waals surface area contributed by atoms with E-state index in [0.29, 0.717) is 6.54 Å². The molecule has 1 aromatic rings. The molecule has 1 N–H and O–H groups in total. The molecule has 0 aromatic heterocycles. The van der Waals surface area contributed by atoms with E-state index in [9.17, 15) is 4.79 Å². The Morgan fingerprint density at radius 2 is 1.95 bits per heavy atom. The Kier molecular flexibility index (Phi) is 7.83. The number of carbonyl (C=O) groups is 1. The highest BCUT2D eigenvalue weighted by Crippen LogP contribution is 2.12. The van der Waals surface area contributed by atoms with Gasteiger partial charge < -0.3 is 15.0 Å². The van der Waals surface area contributed by atoms with Gasteiger partial charge in [-0.3, -0.25) is 4.79 Å². The van der Waals surface area contributed by atoms with Gasteiger partial charge in [0.2, 0.25) is 5.91 Å². The van der Waals surface area contributed by atoms with Crippen LogP contribution in [0.5, 0.6) is 5.75 Å². The van der Waals surface area contributed by atoms with Gasteiger partial charge in [-0.25, -0.2) is 0 Å². The molecule has 0 radical (unpaired) electrons. The third kappa shape index (κ3) is 6.17. The van der Waals surface area contributed by atoms with Crippen LogP contribution in [0.3, 0.4) is 0 Å². The Morgan fingerprint density at radius 3 is 2.52 bits per heavy atom. The van der Waals surface area contributed by atoms with E-state index < -0.39 is 0 Å². The summed E-state index contributed by atoms with van der Waals surface area (Å²) >= 11 is 0. The third-order valence-corrected chi connectivity index (χ3v) is 3.52. The SMILES string of the molecule is CCCCOc1ccc(CNC(C)C(=O)N(C)CC)cc1. The predicted molar refractivity (Wildman–Crippen MR) is 86.5 cm³/mol. The number of hydrogen-bond donors (Lipinski definition) is 1. The van der Waals surface area contributed by atoms with Crippen LogP contribution in [0.2, 0.25) is 0 Å². The van der Waals surface area contributed by atoms with E-state index in [1.54, 1.807) is 4.90 Å². The van der Waals surface area contributed by atoms with Crippen molar-refractivity contribution in [2.45, 2.75) is 46.2 Å². The van der Waals surface area contributed by atoms with Gasteiger partial charge in [0.25, 0.3) is 0 Å². The summed E-state index contributed by atoms with van der Waals surface area (Å²) < 4.78 is 5.63. The summed E-state index contributed by atoms with van der Waals surface area (Å²) in [4.78, 5) is 13.7. The van der Waals surface area contributed by atoms with Crippen LogP contribution in [-0.2, 0) is 11.3 Å². The van der Waals surface area contributed by atoms with Crippen molar-refractivity contribution in [3.05, 3.63) is 29.8 Å². The molecule has 0 heterocycles. The molecule has 118 valence electrons. The fourth-order valence-corrected chi connectivity index (χ4v) is 1.88. The minimum absolute atomic E-state index is 0.122. The lowest BCUT2D eigenvalue weighted by atomic mass is 10.2. The molecule has 0 aliphatic rings. The molecule has 1 unspecified atom stereocenters. The topological polar surface area (TPSA) is 41.6 Å². The lowest BCUT2D eigenvalue weighted by molar-refractivity contribution is -0.131. The number of unbranched alkanes of at least 4 members (excludes halogenated alkanes) is 1. The highest BCUT2D eigenvalue weighted by Gasteiger charge is 2.15. The van der Waals surface area contributed by atoms with Crippen molar-refractivity contribution >= 4 is 5.91 Å². The van der Waals surface area contributed by atoms with Gasteiger partial charge >= 0.3 is 0 Å². The van der Waals surface area contributed by atoms with Crippen LogP contribution >= 0.6 is 0 Å². The highest BCUT2D eigenvalue weighted by atomic mass is 16.5. The van der Waals surface area contributed by atoms with Gasteiger partial charge in [0.05, 0.1) is 12.6 Å². The van der Waals surface area contributed by atoms with Crippen LogP contribution in [0.15, 0.2) is 24.3 Å². The van der Waals surface area contributed by atoms with E-state index in [2.05, 4.69) is 12.2 Å². The first-order valence-corrected chi connectivity index (χ1v) is 7.78. The van der Waals surface area contributed by atoms with Gasteiger partial charge in [-0.15, -0.1) is 0 Å². The van der Waals surface area contributed by atoms with Crippen LogP contribution < -0.4 is 10.1 Å². The van der Waals surface area contributed by atoms with Gasteiger partial charge in [-0.2, -0.15) is 0 Å². The van der Waals surface area contributed by atoms with Gasteiger partial charge in [-0.05, 0) is 38.0 Å². The molecule has 0 saturated heterocycles. The number of hydrogen-bond acceptors (Lipinski definition) is 3. The Morgan fingerprint density at radius 1 is 1.29 bits per heavy atom. The molecule has 1 amide bonds. The van der Waals surface area contributed by atoms with Crippen LogP contribution in [0.25, 0.3) is 0 Å². The summed E-state index contributed by atoms with van der Waals surface area (Å²) in [7, 11) is 1.82. The second-order valence-corrected chi connectivity index (χ2v) is 5.30. The fraction of sp³-hybridized carbons (Fsp3) is 0.588. The Balaban J connectivity index is 2.40. The Hall–Kier alpha value is -1.55. The lowest BCUT2D eigenvalue weighted by Gasteiger charge is -2.20. The molecular formula is C17H28N2O2. The highest BCUT2D eigenvalue weighted by molar-refractivity contribution is 5.81. The van der Waals surface area contributed by atoms with Crippen molar-refractivity contribution in [2.75, 3.05) is 20.2 Å². The molecule has 0 spiro atoms. The van der Waals surface area contributed by atoms with Gasteiger partial charge in [0, 0.05) is 20.1 Å². The summed E-state index contributed by atoms with van der Waals surface area (Å²) in [5, 5.41) is 3.25. The van der Waals surface area contributed by atoms with Crippen LogP contribution in [0.4, 0.5) is 0 Å². The smallest absolute Gasteiger partial charge is 0.239 e. The van der Waals surface area contributed by atoms with E-state index in [0.717, 1.165) is 37.3 Å². The van der Waals surface area contributed by atoms with Crippen LogP contribution in [-0.4, -0.2) is 37.0 Å². The summed E-state index contributed by atoms with van der Waals surface area (Å²) in [5.41, 5.74) is 1.15. The molecule has 0 aliphatic heterocycles. The van der Waals surface area contributed by atoms with Crippen molar-refractivity contribution < 1.29 is 9.53 Å². The predicted octanol–water partition coefficient (Wildman–Crippen LogP) is 2.82. The molecule has 21 heavy (non-hydrogen) atoms. The number of nitrogens with zero attached hydrogens (tertiary/aromatic N) is 1. The normalized spacial score (nSPS) is 12.0. The van der Waals surface area contributed by atoms with E-state index in [1.807, 2.05) is 45.2 Å². The molecule has 0 fully saturated rings. The monoisotopic (exact) mass is 292 g/mol. The lowest BCUT2D eigenvalue weighted by Crippen LogP contribution is -2.42. The first kappa shape index (κ1) is 17.5. The standard InChI is InChI=1S/C17H28N2O2/c1-5-7-12-21-16-10-8-15(9-11-16)13-18-14(3)17(20)19(4)6-2/h8-11,14,18H,5-7,12-13H2,1-4H3. The van der Waals surface area contributed by atoms with Crippen molar-refractivity contribution in [1.29, 1.82) is 0 Å². The quantitative estimate of drug-likeness (QED) is 0.712. The molecule has 0 aliphatic carbocycles. The molecule has 0 saturated carbocycles.